The highest BCUT2D eigenvalue weighted by molar-refractivity contribution is 7.35. The van der Waals surface area contributed by atoms with Gasteiger partial charge in [0.2, 0.25) is 0 Å². The SMILES string of the molecule is C1CNPC1. The maximum absolute atomic E-state index is 3.25. The topological polar surface area (TPSA) is 12.0 Å². The van der Waals surface area contributed by atoms with Crippen molar-refractivity contribution in [2.75, 3.05) is 12.7 Å². The van der Waals surface area contributed by atoms with E-state index in [1.54, 1.807) is 0 Å². The van der Waals surface area contributed by atoms with E-state index in [1.165, 1.54) is 19.1 Å². The number of hydrogen-bond acceptors (Lipinski definition) is 1. The second kappa shape index (κ2) is 1.74. The highest BCUT2D eigenvalue weighted by atomic mass is 31.1. The van der Waals surface area contributed by atoms with Gasteiger partial charge < -0.3 is 0 Å². The summed E-state index contributed by atoms with van der Waals surface area (Å²) in [6, 6.07) is 0. The van der Waals surface area contributed by atoms with Crippen LogP contribution in [0.15, 0.2) is 0 Å². The fraction of sp³-hybridized carbons (Fsp3) is 1.00. The van der Waals surface area contributed by atoms with Gasteiger partial charge in [0, 0.05) is 0 Å². The van der Waals surface area contributed by atoms with Crippen molar-refractivity contribution in [3.05, 3.63) is 0 Å². The Morgan fingerprint density at radius 1 is 1.60 bits per heavy atom. The Labute approximate surface area is 34.0 Å². The fourth-order valence-corrected chi connectivity index (χ4v) is 1.33. The lowest BCUT2D eigenvalue weighted by molar-refractivity contribution is 0.940. The molecule has 5 heavy (non-hydrogen) atoms. The Balaban J connectivity index is 2.08. The predicted molar refractivity (Wildman–Crippen MR) is 25.8 cm³/mol. The van der Waals surface area contributed by atoms with Gasteiger partial charge in [-0.05, 0) is 19.1 Å². The van der Waals surface area contributed by atoms with Crippen LogP contribution in [0.4, 0.5) is 0 Å². The Morgan fingerprint density at radius 3 is 2.80 bits per heavy atom. The summed E-state index contributed by atoms with van der Waals surface area (Å²) in [5.41, 5.74) is 0. The molecule has 1 N–H and O–H groups in total. The van der Waals surface area contributed by atoms with Crippen LogP contribution in [0.1, 0.15) is 6.42 Å². The molecular formula is C3H8NP. The van der Waals surface area contributed by atoms with E-state index < -0.39 is 0 Å². The molecule has 2 heteroatoms. The lowest BCUT2D eigenvalue weighted by Crippen LogP contribution is -1.90. The van der Waals surface area contributed by atoms with Crippen LogP contribution in [-0.4, -0.2) is 12.7 Å². The minimum Gasteiger partial charge on any atom is -0.298 e. The van der Waals surface area contributed by atoms with E-state index in [9.17, 15) is 0 Å². The smallest absolute Gasteiger partial charge is 0.000845 e. The molecule has 1 saturated heterocycles. The van der Waals surface area contributed by atoms with Crippen LogP contribution in [0.2, 0.25) is 0 Å². The first-order valence-corrected chi connectivity index (χ1v) is 3.16. The maximum atomic E-state index is 3.25. The van der Waals surface area contributed by atoms with Gasteiger partial charge in [-0.1, -0.05) is 8.73 Å². The van der Waals surface area contributed by atoms with Crippen molar-refractivity contribution in [1.29, 1.82) is 0 Å². The third-order valence-electron chi connectivity index (χ3n) is 0.729. The van der Waals surface area contributed by atoms with Gasteiger partial charge >= 0.3 is 0 Å². The molecule has 0 aliphatic carbocycles. The number of hydrogen-bond donors (Lipinski definition) is 1. The zero-order valence-electron chi connectivity index (χ0n) is 3.12. The molecular weight excluding hydrogens is 81.0 g/mol. The van der Waals surface area contributed by atoms with Crippen LogP contribution in [0.3, 0.4) is 0 Å². The van der Waals surface area contributed by atoms with Crippen molar-refractivity contribution in [2.24, 2.45) is 0 Å². The molecule has 0 amide bonds. The summed E-state index contributed by atoms with van der Waals surface area (Å²) in [7, 11) is 1.06. The molecule has 1 unspecified atom stereocenters. The van der Waals surface area contributed by atoms with Crippen LogP contribution in [-0.2, 0) is 0 Å². The Kier molecular flexibility index (Phi) is 1.24. The molecule has 0 saturated carbocycles. The summed E-state index contributed by atoms with van der Waals surface area (Å²) in [6.07, 6.45) is 2.82. The van der Waals surface area contributed by atoms with Crippen molar-refractivity contribution in [3.8, 4) is 0 Å². The summed E-state index contributed by atoms with van der Waals surface area (Å²) in [4.78, 5) is 0. The van der Waals surface area contributed by atoms with E-state index in [0.717, 1.165) is 8.73 Å². The summed E-state index contributed by atoms with van der Waals surface area (Å²) in [5, 5.41) is 3.25. The van der Waals surface area contributed by atoms with Gasteiger partial charge in [-0.3, -0.25) is 5.09 Å². The molecule has 1 fully saturated rings. The molecule has 30 valence electrons. The molecule has 0 spiro atoms. The predicted octanol–water partition coefficient (Wildman–Crippen LogP) is 0.573. The minimum absolute atomic E-state index is 1.06. The Hall–Kier alpha value is 0.390. The van der Waals surface area contributed by atoms with Gasteiger partial charge in [0.1, 0.15) is 0 Å². The number of rotatable bonds is 0. The van der Waals surface area contributed by atoms with E-state index >= 15 is 0 Å². The average molecular weight is 89.1 g/mol. The third-order valence-corrected chi connectivity index (χ3v) is 1.83. The molecule has 1 heterocycles. The monoisotopic (exact) mass is 89.0 g/mol. The summed E-state index contributed by atoms with van der Waals surface area (Å²) >= 11 is 0. The molecule has 0 bridgehead atoms. The van der Waals surface area contributed by atoms with Gasteiger partial charge in [-0.15, -0.1) is 0 Å². The molecule has 0 radical (unpaired) electrons. The van der Waals surface area contributed by atoms with Crippen molar-refractivity contribution in [3.63, 3.8) is 0 Å². The zero-order valence-corrected chi connectivity index (χ0v) is 4.12. The lowest BCUT2D eigenvalue weighted by Gasteiger charge is -1.76. The summed E-state index contributed by atoms with van der Waals surface area (Å²) in [5.74, 6) is 0. The van der Waals surface area contributed by atoms with Crippen LogP contribution >= 0.6 is 8.73 Å². The number of nitrogens with one attached hydrogen (secondary N) is 1. The quantitative estimate of drug-likeness (QED) is 0.428. The van der Waals surface area contributed by atoms with Crippen LogP contribution < -0.4 is 5.09 Å². The second-order valence-electron chi connectivity index (χ2n) is 1.21. The zero-order chi connectivity index (χ0) is 3.54. The highest BCUT2D eigenvalue weighted by Crippen LogP contribution is 2.10. The first-order valence-electron chi connectivity index (χ1n) is 1.96. The summed E-state index contributed by atoms with van der Waals surface area (Å²) in [6.45, 7) is 1.26. The van der Waals surface area contributed by atoms with Crippen LogP contribution in [0.5, 0.6) is 0 Å². The van der Waals surface area contributed by atoms with E-state index in [4.69, 9.17) is 0 Å². The first kappa shape index (κ1) is 3.58. The van der Waals surface area contributed by atoms with E-state index in [2.05, 4.69) is 5.09 Å². The molecule has 0 aromatic carbocycles. The average Bonchev–Trinajstić information content (AvgIpc) is 1.76. The van der Waals surface area contributed by atoms with E-state index in [0.29, 0.717) is 0 Å². The largest absolute Gasteiger partial charge is 0.298 e. The van der Waals surface area contributed by atoms with E-state index in [1.807, 2.05) is 0 Å². The molecule has 1 atom stereocenters. The van der Waals surface area contributed by atoms with E-state index in [-0.39, 0.29) is 0 Å². The van der Waals surface area contributed by atoms with Gasteiger partial charge in [-0.2, -0.15) is 0 Å². The lowest BCUT2D eigenvalue weighted by atomic mass is 10.5. The van der Waals surface area contributed by atoms with Crippen molar-refractivity contribution in [1.82, 2.24) is 5.09 Å². The molecule has 0 aromatic rings. The van der Waals surface area contributed by atoms with Gasteiger partial charge in [0.15, 0.2) is 0 Å². The Morgan fingerprint density at radius 2 is 2.60 bits per heavy atom. The standard InChI is InChI=1S/C3H8NP/c1-2-4-5-3-1/h4-5H,1-3H2. The van der Waals surface area contributed by atoms with Gasteiger partial charge in [0.25, 0.3) is 0 Å². The highest BCUT2D eigenvalue weighted by Gasteiger charge is 1.93. The summed E-state index contributed by atoms with van der Waals surface area (Å²) < 4.78 is 0. The van der Waals surface area contributed by atoms with Crippen molar-refractivity contribution >= 4 is 8.73 Å². The van der Waals surface area contributed by atoms with Gasteiger partial charge in [-0.25, -0.2) is 0 Å². The molecule has 0 aromatic heterocycles. The van der Waals surface area contributed by atoms with Crippen LogP contribution in [0.25, 0.3) is 0 Å². The molecule has 1 rings (SSSR count). The van der Waals surface area contributed by atoms with Gasteiger partial charge in [0.05, 0.1) is 0 Å². The van der Waals surface area contributed by atoms with Crippen LogP contribution in [0, 0.1) is 0 Å². The second-order valence-corrected chi connectivity index (χ2v) is 2.41. The molecule has 1 aliphatic rings. The minimum atomic E-state index is 1.06. The van der Waals surface area contributed by atoms with Crippen molar-refractivity contribution < 1.29 is 0 Å². The van der Waals surface area contributed by atoms with Crippen molar-refractivity contribution in [2.45, 2.75) is 6.42 Å². The molecule has 1 nitrogen and oxygen atoms in total. The maximum Gasteiger partial charge on any atom is -0.000845 e. The first-order chi connectivity index (χ1) is 2.50. The third kappa shape index (κ3) is 0.863. The Bertz CT molecular complexity index is 18.5. The molecule has 1 aliphatic heterocycles. The fourth-order valence-electron chi connectivity index (χ4n) is 0.442. The normalized spacial score (nSPS) is 28.8.